The second-order valence-corrected chi connectivity index (χ2v) is 7.66. The Morgan fingerprint density at radius 3 is 2.96 bits per heavy atom. The fourth-order valence-electron chi connectivity index (χ4n) is 4.77. The van der Waals surface area contributed by atoms with Crippen LogP contribution in [0.4, 0.5) is 0 Å². The third-order valence-corrected chi connectivity index (χ3v) is 6.24. The minimum absolute atomic E-state index is 0.0212. The van der Waals surface area contributed by atoms with E-state index in [-0.39, 0.29) is 11.5 Å². The molecule has 5 heteroatoms. The van der Waals surface area contributed by atoms with E-state index in [0.29, 0.717) is 6.61 Å². The molecule has 1 spiro atoms. The first-order valence-corrected chi connectivity index (χ1v) is 9.28. The highest BCUT2D eigenvalue weighted by Gasteiger charge is 2.59. The SMILES string of the molecule is C=C[C@@H]1COC2(CCCC3=Cc4c(cnn4-c4ccncc4)CC32C)O1. The number of pyridine rings is 1. The highest BCUT2D eigenvalue weighted by Crippen LogP contribution is 2.57. The van der Waals surface area contributed by atoms with E-state index in [2.05, 4.69) is 29.7 Å². The number of ether oxygens (including phenoxy) is 2. The van der Waals surface area contributed by atoms with Crippen LogP contribution in [0.3, 0.4) is 0 Å². The van der Waals surface area contributed by atoms with Crippen molar-refractivity contribution >= 4 is 6.08 Å². The van der Waals surface area contributed by atoms with E-state index in [0.717, 1.165) is 31.4 Å². The van der Waals surface area contributed by atoms with Gasteiger partial charge in [0.2, 0.25) is 0 Å². The van der Waals surface area contributed by atoms with Crippen molar-refractivity contribution in [1.29, 1.82) is 0 Å². The molecule has 3 aliphatic rings. The fourth-order valence-corrected chi connectivity index (χ4v) is 4.77. The molecule has 5 nitrogen and oxygen atoms in total. The first-order valence-electron chi connectivity index (χ1n) is 9.28. The number of hydrogen-bond donors (Lipinski definition) is 0. The molecule has 3 atom stereocenters. The number of fused-ring (bicyclic) bond motifs is 3. The Balaban J connectivity index is 1.59. The maximum absolute atomic E-state index is 6.40. The van der Waals surface area contributed by atoms with Crippen LogP contribution >= 0.6 is 0 Å². The topological polar surface area (TPSA) is 49.2 Å². The van der Waals surface area contributed by atoms with Gasteiger partial charge in [0.05, 0.1) is 24.2 Å². The predicted octanol–water partition coefficient (Wildman–Crippen LogP) is 3.69. The summed E-state index contributed by atoms with van der Waals surface area (Å²) in [7, 11) is 0. The Morgan fingerprint density at radius 1 is 1.35 bits per heavy atom. The van der Waals surface area contributed by atoms with Crippen molar-refractivity contribution < 1.29 is 9.47 Å². The number of aromatic nitrogens is 3. The van der Waals surface area contributed by atoms with E-state index < -0.39 is 5.79 Å². The summed E-state index contributed by atoms with van der Waals surface area (Å²) >= 11 is 0. The molecule has 2 aromatic heterocycles. The van der Waals surface area contributed by atoms with Crippen LogP contribution in [0.15, 0.2) is 49.0 Å². The zero-order chi connectivity index (χ0) is 17.8. The van der Waals surface area contributed by atoms with Crippen molar-refractivity contribution in [3.05, 3.63) is 60.2 Å². The summed E-state index contributed by atoms with van der Waals surface area (Å²) in [4.78, 5) is 4.11. The van der Waals surface area contributed by atoms with Crippen molar-refractivity contribution in [1.82, 2.24) is 14.8 Å². The van der Waals surface area contributed by atoms with Gasteiger partial charge in [-0.3, -0.25) is 4.98 Å². The number of nitrogens with zero attached hydrogens (tertiary/aromatic N) is 3. The van der Waals surface area contributed by atoms with Crippen LogP contribution in [-0.4, -0.2) is 33.3 Å². The van der Waals surface area contributed by atoms with Crippen LogP contribution < -0.4 is 0 Å². The first kappa shape index (κ1) is 16.0. The van der Waals surface area contributed by atoms with Gasteiger partial charge in [0, 0.05) is 24.2 Å². The summed E-state index contributed by atoms with van der Waals surface area (Å²) in [6.07, 6.45) is 13.7. The zero-order valence-electron chi connectivity index (χ0n) is 15.0. The smallest absolute Gasteiger partial charge is 0.178 e. The number of hydrogen-bond acceptors (Lipinski definition) is 4. The van der Waals surface area contributed by atoms with Crippen LogP contribution in [0, 0.1) is 5.41 Å². The molecular formula is C21H23N3O2. The van der Waals surface area contributed by atoms with Gasteiger partial charge < -0.3 is 9.47 Å². The lowest BCUT2D eigenvalue weighted by Gasteiger charge is -2.51. The molecule has 0 amide bonds. The molecule has 1 aliphatic heterocycles. The van der Waals surface area contributed by atoms with E-state index in [1.807, 2.05) is 29.1 Å². The van der Waals surface area contributed by atoms with Gasteiger partial charge in [-0.05, 0) is 43.0 Å². The molecule has 1 saturated heterocycles. The van der Waals surface area contributed by atoms with Gasteiger partial charge in [0.25, 0.3) is 0 Å². The summed E-state index contributed by atoms with van der Waals surface area (Å²) in [5, 5.41) is 4.65. The minimum atomic E-state index is -0.549. The highest BCUT2D eigenvalue weighted by molar-refractivity contribution is 5.61. The summed E-state index contributed by atoms with van der Waals surface area (Å²) < 4.78 is 14.7. The molecule has 2 unspecified atom stereocenters. The van der Waals surface area contributed by atoms with Crippen molar-refractivity contribution in [3.8, 4) is 5.69 Å². The Hall–Kier alpha value is -2.24. The molecule has 5 rings (SSSR count). The minimum Gasteiger partial charge on any atom is -0.346 e. The maximum atomic E-state index is 6.40. The molecule has 0 bridgehead atoms. The Morgan fingerprint density at radius 2 is 2.19 bits per heavy atom. The molecule has 0 N–H and O–H groups in total. The van der Waals surface area contributed by atoms with Gasteiger partial charge >= 0.3 is 0 Å². The molecule has 26 heavy (non-hydrogen) atoms. The van der Waals surface area contributed by atoms with Crippen LogP contribution in [0.5, 0.6) is 0 Å². The molecule has 1 saturated carbocycles. The van der Waals surface area contributed by atoms with E-state index in [4.69, 9.17) is 9.47 Å². The van der Waals surface area contributed by atoms with E-state index in [1.54, 1.807) is 12.4 Å². The second-order valence-electron chi connectivity index (χ2n) is 7.66. The molecular weight excluding hydrogens is 326 g/mol. The van der Waals surface area contributed by atoms with E-state index >= 15 is 0 Å². The van der Waals surface area contributed by atoms with Crippen LogP contribution in [0.1, 0.15) is 37.4 Å². The Labute approximate surface area is 153 Å². The van der Waals surface area contributed by atoms with Crippen molar-refractivity contribution in [2.45, 2.75) is 44.5 Å². The average Bonchev–Trinajstić information content (AvgIpc) is 3.26. The van der Waals surface area contributed by atoms with Gasteiger partial charge in [-0.25, -0.2) is 4.68 Å². The summed E-state index contributed by atoms with van der Waals surface area (Å²) in [5.41, 5.74) is 4.67. The normalized spacial score (nSPS) is 32.8. The van der Waals surface area contributed by atoms with Crippen molar-refractivity contribution in [2.24, 2.45) is 5.41 Å². The molecule has 134 valence electrons. The third kappa shape index (κ3) is 2.10. The Bertz CT molecular complexity index is 888. The monoisotopic (exact) mass is 349 g/mol. The summed E-state index contributed by atoms with van der Waals surface area (Å²) in [5.74, 6) is -0.549. The van der Waals surface area contributed by atoms with Crippen LogP contribution in [0.2, 0.25) is 0 Å². The lowest BCUT2D eigenvalue weighted by Crippen LogP contribution is -2.53. The van der Waals surface area contributed by atoms with Crippen LogP contribution in [-0.2, 0) is 15.9 Å². The van der Waals surface area contributed by atoms with Gasteiger partial charge in [-0.1, -0.05) is 18.6 Å². The largest absolute Gasteiger partial charge is 0.346 e. The standard InChI is InChI=1S/C21H23N3O2/c1-3-18-14-25-21(26-18)8-4-5-16-11-19-15(12-20(16,21)2)13-23-24(19)17-6-9-22-10-7-17/h3,6-7,9-11,13,18H,1,4-5,8,12,14H2,2H3/t18-,20?,21?/m1/s1. The summed E-state index contributed by atoms with van der Waals surface area (Å²) in [6.45, 7) is 6.76. The molecule has 3 heterocycles. The number of rotatable bonds is 2. The van der Waals surface area contributed by atoms with Crippen LogP contribution in [0.25, 0.3) is 11.8 Å². The lowest BCUT2D eigenvalue weighted by atomic mass is 9.62. The predicted molar refractivity (Wildman–Crippen MR) is 98.8 cm³/mol. The molecule has 0 aromatic carbocycles. The van der Waals surface area contributed by atoms with Gasteiger partial charge in [0.15, 0.2) is 5.79 Å². The van der Waals surface area contributed by atoms with E-state index in [1.165, 1.54) is 16.8 Å². The quantitative estimate of drug-likeness (QED) is 0.776. The molecule has 0 radical (unpaired) electrons. The van der Waals surface area contributed by atoms with Crippen molar-refractivity contribution in [2.75, 3.05) is 6.61 Å². The van der Waals surface area contributed by atoms with Crippen molar-refractivity contribution in [3.63, 3.8) is 0 Å². The van der Waals surface area contributed by atoms with E-state index in [9.17, 15) is 0 Å². The maximum Gasteiger partial charge on any atom is 0.178 e. The first-order chi connectivity index (χ1) is 12.7. The van der Waals surface area contributed by atoms with Gasteiger partial charge in [-0.15, -0.1) is 6.58 Å². The lowest BCUT2D eigenvalue weighted by molar-refractivity contribution is -0.239. The molecule has 2 aromatic rings. The summed E-state index contributed by atoms with van der Waals surface area (Å²) in [6, 6.07) is 3.97. The molecule has 2 fully saturated rings. The zero-order valence-corrected chi connectivity index (χ0v) is 15.0. The highest BCUT2D eigenvalue weighted by atomic mass is 16.7. The van der Waals surface area contributed by atoms with Gasteiger partial charge in [0.1, 0.15) is 6.10 Å². The Kier molecular flexibility index (Phi) is 3.46. The molecule has 2 aliphatic carbocycles. The third-order valence-electron chi connectivity index (χ3n) is 6.24. The van der Waals surface area contributed by atoms with Gasteiger partial charge in [-0.2, -0.15) is 5.10 Å². The fraction of sp³-hybridized carbons (Fsp3) is 0.429. The second kappa shape index (κ2) is 5.63. The average molecular weight is 349 g/mol.